The highest BCUT2D eigenvalue weighted by Gasteiger charge is 2.28. The van der Waals surface area contributed by atoms with Gasteiger partial charge in [-0.05, 0) is 24.3 Å². The maximum atomic E-state index is 12.1. The lowest BCUT2D eigenvalue weighted by Gasteiger charge is -2.17. The number of carbonyl (C=O) groups is 2. The second-order valence-corrected chi connectivity index (χ2v) is 4.37. The van der Waals surface area contributed by atoms with Crippen LogP contribution >= 0.6 is 0 Å². The van der Waals surface area contributed by atoms with Crippen molar-refractivity contribution in [3.05, 3.63) is 65.2 Å². The van der Waals surface area contributed by atoms with Crippen LogP contribution in [0.3, 0.4) is 0 Å². The molecule has 2 rings (SSSR count). The minimum atomic E-state index is -3.19. The number of rotatable bonds is 4. The van der Waals surface area contributed by atoms with E-state index in [0.29, 0.717) is 0 Å². The van der Waals surface area contributed by atoms with Gasteiger partial charge in [-0.15, -0.1) is 0 Å². The molecule has 22 heavy (non-hydrogen) atoms. The van der Waals surface area contributed by atoms with Crippen LogP contribution in [0.5, 0.6) is 5.75 Å². The summed E-state index contributed by atoms with van der Waals surface area (Å²) >= 11 is 0. The average molecular weight is 304 g/mol. The molecule has 0 aliphatic rings. The van der Waals surface area contributed by atoms with Gasteiger partial charge in [0.1, 0.15) is 5.75 Å². The summed E-state index contributed by atoms with van der Waals surface area (Å²) in [6.45, 7) is 0. The molecule has 0 aliphatic carbocycles. The van der Waals surface area contributed by atoms with Crippen molar-refractivity contribution in [2.24, 2.45) is 0 Å². The van der Waals surface area contributed by atoms with Crippen molar-refractivity contribution < 1.29 is 34.8 Å². The molecule has 7 heteroatoms. The van der Waals surface area contributed by atoms with Gasteiger partial charge in [0.2, 0.25) is 0 Å². The fourth-order valence-electron chi connectivity index (χ4n) is 1.84. The number of benzene rings is 2. The van der Waals surface area contributed by atoms with Crippen LogP contribution in [-0.2, 0) is 5.97 Å². The third-order valence-electron chi connectivity index (χ3n) is 2.83. The van der Waals surface area contributed by atoms with Gasteiger partial charge in [-0.1, -0.05) is 24.3 Å². The molecular weight excluding hydrogens is 292 g/mol. The predicted octanol–water partition coefficient (Wildman–Crippen LogP) is 0.691. The first-order valence-electron chi connectivity index (χ1n) is 6.12. The zero-order valence-corrected chi connectivity index (χ0v) is 11.1. The average Bonchev–Trinajstić information content (AvgIpc) is 2.46. The SMILES string of the molecule is O=C(O)c1ccccc1C(=O)Oc1ccccc1C(O)(O)O. The molecule has 7 nitrogen and oxygen atoms in total. The number of aromatic carboxylic acids is 1. The Bertz CT molecular complexity index is 716. The van der Waals surface area contributed by atoms with Crippen molar-refractivity contribution in [1.82, 2.24) is 0 Å². The summed E-state index contributed by atoms with van der Waals surface area (Å²) in [5, 5.41) is 36.7. The van der Waals surface area contributed by atoms with Crippen LogP contribution < -0.4 is 4.74 Å². The maximum absolute atomic E-state index is 12.1. The highest BCUT2D eigenvalue weighted by Crippen LogP contribution is 2.27. The van der Waals surface area contributed by atoms with Gasteiger partial charge in [0.25, 0.3) is 0 Å². The molecule has 4 N–H and O–H groups in total. The Kier molecular flexibility index (Phi) is 4.22. The van der Waals surface area contributed by atoms with Crippen molar-refractivity contribution in [1.29, 1.82) is 0 Å². The largest absolute Gasteiger partial charge is 0.478 e. The van der Waals surface area contributed by atoms with Crippen LogP contribution in [0.15, 0.2) is 48.5 Å². The normalized spacial score (nSPS) is 11.0. The van der Waals surface area contributed by atoms with Crippen LogP contribution in [0.4, 0.5) is 0 Å². The zero-order valence-electron chi connectivity index (χ0n) is 11.1. The molecule has 0 radical (unpaired) electrons. The van der Waals surface area contributed by atoms with Crippen molar-refractivity contribution in [2.75, 3.05) is 0 Å². The lowest BCUT2D eigenvalue weighted by Crippen LogP contribution is -2.25. The lowest BCUT2D eigenvalue weighted by atomic mass is 10.1. The van der Waals surface area contributed by atoms with Gasteiger partial charge >= 0.3 is 17.9 Å². The van der Waals surface area contributed by atoms with E-state index in [1.165, 1.54) is 42.5 Å². The van der Waals surface area contributed by atoms with E-state index in [4.69, 9.17) is 9.84 Å². The second kappa shape index (κ2) is 5.94. The van der Waals surface area contributed by atoms with Crippen molar-refractivity contribution in [3.63, 3.8) is 0 Å². The smallest absolute Gasteiger partial charge is 0.344 e. The molecule has 2 aromatic rings. The minimum Gasteiger partial charge on any atom is -0.478 e. The van der Waals surface area contributed by atoms with E-state index in [9.17, 15) is 24.9 Å². The third kappa shape index (κ3) is 3.29. The molecule has 0 atom stereocenters. The summed E-state index contributed by atoms with van der Waals surface area (Å²) in [4.78, 5) is 23.2. The summed E-state index contributed by atoms with van der Waals surface area (Å²) in [6, 6.07) is 10.6. The standard InChI is InChI=1S/C15H12O7/c16-13(17)9-5-1-2-6-10(9)14(18)22-12-8-4-3-7-11(12)15(19,20)21/h1-8,19-21H,(H,16,17). The van der Waals surface area contributed by atoms with E-state index in [1.807, 2.05) is 0 Å². The Balaban J connectivity index is 2.37. The van der Waals surface area contributed by atoms with Crippen LogP contribution in [-0.4, -0.2) is 32.4 Å². The fourth-order valence-corrected chi connectivity index (χ4v) is 1.84. The summed E-state index contributed by atoms with van der Waals surface area (Å²) in [6.07, 6.45) is 0. The first-order valence-corrected chi connectivity index (χ1v) is 6.12. The fraction of sp³-hybridized carbons (Fsp3) is 0.0667. The Hall–Kier alpha value is -2.74. The molecule has 0 aliphatic heterocycles. The monoisotopic (exact) mass is 304 g/mol. The third-order valence-corrected chi connectivity index (χ3v) is 2.83. The number of para-hydroxylation sites is 1. The highest BCUT2D eigenvalue weighted by molar-refractivity contribution is 6.03. The lowest BCUT2D eigenvalue weighted by molar-refractivity contribution is -0.324. The van der Waals surface area contributed by atoms with Crippen molar-refractivity contribution in [2.45, 2.75) is 5.97 Å². The van der Waals surface area contributed by atoms with Gasteiger partial charge in [0.15, 0.2) is 0 Å². The zero-order chi connectivity index (χ0) is 16.3. The van der Waals surface area contributed by atoms with Gasteiger partial charge in [-0.25, -0.2) is 9.59 Å². The van der Waals surface area contributed by atoms with E-state index in [-0.39, 0.29) is 16.9 Å². The number of hydrogen-bond acceptors (Lipinski definition) is 6. The molecule has 0 saturated heterocycles. The van der Waals surface area contributed by atoms with E-state index >= 15 is 0 Å². The summed E-state index contributed by atoms with van der Waals surface area (Å²) < 4.78 is 4.97. The van der Waals surface area contributed by atoms with Gasteiger partial charge in [-0.2, -0.15) is 0 Å². The number of carboxylic acid groups (broad SMARTS) is 1. The number of ether oxygens (including phenoxy) is 1. The topological polar surface area (TPSA) is 124 Å². The number of esters is 1. The van der Waals surface area contributed by atoms with Gasteiger partial charge in [-0.3, -0.25) is 0 Å². The Labute approximate surface area is 124 Å². The van der Waals surface area contributed by atoms with E-state index < -0.39 is 23.5 Å². The van der Waals surface area contributed by atoms with E-state index in [2.05, 4.69) is 0 Å². The minimum absolute atomic E-state index is 0.204. The highest BCUT2D eigenvalue weighted by atomic mass is 16.7. The second-order valence-electron chi connectivity index (χ2n) is 4.37. The molecular formula is C15H12O7. The quantitative estimate of drug-likeness (QED) is 0.372. The summed E-state index contributed by atoms with van der Waals surface area (Å²) in [5.41, 5.74) is -0.909. The maximum Gasteiger partial charge on any atom is 0.344 e. The molecule has 2 aromatic carbocycles. The van der Waals surface area contributed by atoms with Gasteiger partial charge in [0.05, 0.1) is 16.7 Å². The molecule has 0 spiro atoms. The molecule has 0 aromatic heterocycles. The Morgan fingerprint density at radius 2 is 1.41 bits per heavy atom. The molecule has 0 amide bonds. The number of carbonyl (C=O) groups excluding carboxylic acids is 1. The van der Waals surface area contributed by atoms with Crippen LogP contribution in [0.25, 0.3) is 0 Å². The number of carboxylic acids is 1. The number of aliphatic hydroxyl groups is 3. The summed E-state index contributed by atoms with van der Waals surface area (Å²) in [5.74, 6) is -5.81. The summed E-state index contributed by atoms with van der Waals surface area (Å²) in [7, 11) is 0. The molecule has 0 heterocycles. The Morgan fingerprint density at radius 1 is 0.864 bits per heavy atom. The molecule has 0 bridgehead atoms. The first-order chi connectivity index (χ1) is 10.3. The number of hydrogen-bond donors (Lipinski definition) is 4. The van der Waals surface area contributed by atoms with E-state index in [0.717, 1.165) is 6.07 Å². The van der Waals surface area contributed by atoms with Crippen LogP contribution in [0.1, 0.15) is 26.3 Å². The molecule has 114 valence electrons. The molecule has 0 unspecified atom stereocenters. The van der Waals surface area contributed by atoms with Gasteiger partial charge in [0, 0.05) is 0 Å². The van der Waals surface area contributed by atoms with Gasteiger partial charge < -0.3 is 25.2 Å². The van der Waals surface area contributed by atoms with Crippen LogP contribution in [0, 0.1) is 0 Å². The first kappa shape index (κ1) is 15.6. The predicted molar refractivity (Wildman–Crippen MR) is 73.1 cm³/mol. The van der Waals surface area contributed by atoms with E-state index in [1.54, 1.807) is 0 Å². The van der Waals surface area contributed by atoms with Crippen molar-refractivity contribution in [3.8, 4) is 5.75 Å². The molecule has 0 fully saturated rings. The van der Waals surface area contributed by atoms with Crippen LogP contribution in [0.2, 0.25) is 0 Å². The Morgan fingerprint density at radius 3 is 2.00 bits per heavy atom. The molecule has 0 saturated carbocycles. The van der Waals surface area contributed by atoms with Crippen molar-refractivity contribution >= 4 is 11.9 Å².